The first-order valence-electron chi connectivity index (χ1n) is 9.10. The number of urea groups is 1. The van der Waals surface area contributed by atoms with Crippen LogP contribution in [0.25, 0.3) is 0 Å². The van der Waals surface area contributed by atoms with E-state index in [1.807, 2.05) is 11.0 Å². The number of nitrogens with zero attached hydrogens (tertiary/aromatic N) is 4. The Labute approximate surface area is 161 Å². The average molecular weight is 385 g/mol. The molecular formula is C19H17ClN4O3. The van der Waals surface area contributed by atoms with Gasteiger partial charge in [0.05, 0.1) is 28.4 Å². The molecule has 7 nitrogen and oxygen atoms in total. The van der Waals surface area contributed by atoms with Crippen molar-refractivity contribution in [1.82, 2.24) is 9.80 Å². The van der Waals surface area contributed by atoms with Crippen molar-refractivity contribution in [1.29, 1.82) is 5.26 Å². The molecule has 3 heterocycles. The van der Waals surface area contributed by atoms with Crippen LogP contribution in [0.3, 0.4) is 0 Å². The van der Waals surface area contributed by atoms with E-state index in [0.717, 1.165) is 17.7 Å². The number of imide groups is 1. The number of hydrogen-bond donors (Lipinski definition) is 0. The van der Waals surface area contributed by atoms with Crippen molar-refractivity contribution in [3.63, 3.8) is 0 Å². The zero-order valence-electron chi connectivity index (χ0n) is 14.7. The van der Waals surface area contributed by atoms with Gasteiger partial charge in [0.1, 0.15) is 12.1 Å². The third-order valence-electron chi connectivity index (χ3n) is 6.19. The Bertz CT molecular complexity index is 951. The average Bonchev–Trinajstić information content (AvgIpc) is 3.25. The zero-order chi connectivity index (χ0) is 19.0. The fraction of sp³-hybridized carbons (Fsp3) is 0.474. The minimum absolute atomic E-state index is 0.0979. The molecule has 1 aromatic rings. The number of piperazine rings is 1. The molecule has 3 aliphatic heterocycles. The second-order valence-electron chi connectivity index (χ2n) is 7.71. The largest absolute Gasteiger partial charge is 0.335 e. The molecule has 0 N–H and O–H groups in total. The molecule has 4 aliphatic rings. The Morgan fingerprint density at radius 1 is 1.30 bits per heavy atom. The highest BCUT2D eigenvalue weighted by Crippen LogP contribution is 2.45. The molecule has 1 saturated carbocycles. The van der Waals surface area contributed by atoms with E-state index in [-0.39, 0.29) is 40.9 Å². The summed E-state index contributed by atoms with van der Waals surface area (Å²) in [5.74, 6) is -0.0937. The molecule has 0 aromatic heterocycles. The number of halogens is 1. The maximum absolute atomic E-state index is 13.2. The van der Waals surface area contributed by atoms with Crippen molar-refractivity contribution in [2.45, 2.75) is 44.3 Å². The van der Waals surface area contributed by atoms with E-state index in [9.17, 15) is 14.4 Å². The summed E-state index contributed by atoms with van der Waals surface area (Å²) in [5, 5.41) is 9.36. The molecule has 0 spiro atoms. The molecule has 0 radical (unpaired) electrons. The van der Waals surface area contributed by atoms with Crippen LogP contribution in [-0.2, 0) is 9.59 Å². The predicted molar refractivity (Wildman–Crippen MR) is 96.0 cm³/mol. The number of rotatable bonds is 2. The summed E-state index contributed by atoms with van der Waals surface area (Å²) in [6.45, 7) is 2.20. The summed E-state index contributed by atoms with van der Waals surface area (Å²) in [6, 6.07) is 3.78. The first-order valence-corrected chi connectivity index (χ1v) is 9.47. The molecule has 4 amide bonds. The quantitative estimate of drug-likeness (QED) is 0.730. The van der Waals surface area contributed by atoms with E-state index in [1.165, 1.54) is 6.07 Å². The first-order chi connectivity index (χ1) is 12.9. The van der Waals surface area contributed by atoms with Crippen molar-refractivity contribution in [3.05, 3.63) is 28.3 Å². The van der Waals surface area contributed by atoms with Crippen LogP contribution in [0.15, 0.2) is 12.1 Å². The van der Waals surface area contributed by atoms with Crippen LogP contribution in [0, 0.1) is 24.2 Å². The van der Waals surface area contributed by atoms with Gasteiger partial charge in [0, 0.05) is 12.5 Å². The van der Waals surface area contributed by atoms with E-state index in [4.69, 9.17) is 16.9 Å². The van der Waals surface area contributed by atoms with Crippen molar-refractivity contribution in [2.24, 2.45) is 5.92 Å². The summed E-state index contributed by atoms with van der Waals surface area (Å²) >= 11 is 6.23. The van der Waals surface area contributed by atoms with Gasteiger partial charge in [-0.2, -0.15) is 5.26 Å². The number of anilines is 1. The van der Waals surface area contributed by atoms with Crippen LogP contribution in [0.4, 0.5) is 10.5 Å². The van der Waals surface area contributed by atoms with Crippen molar-refractivity contribution >= 4 is 35.1 Å². The predicted octanol–water partition coefficient (Wildman–Crippen LogP) is 2.05. The Kier molecular flexibility index (Phi) is 3.35. The molecule has 2 unspecified atom stereocenters. The maximum Gasteiger partial charge on any atom is 0.332 e. The van der Waals surface area contributed by atoms with Crippen LogP contribution in [0.1, 0.15) is 30.4 Å². The summed E-state index contributed by atoms with van der Waals surface area (Å²) < 4.78 is 0. The van der Waals surface area contributed by atoms with Gasteiger partial charge in [-0.25, -0.2) is 9.69 Å². The fourth-order valence-corrected chi connectivity index (χ4v) is 4.90. The Balaban J connectivity index is 1.50. The molecule has 3 atom stereocenters. The second kappa shape index (κ2) is 5.46. The van der Waals surface area contributed by atoms with Gasteiger partial charge in [-0.1, -0.05) is 11.6 Å². The van der Waals surface area contributed by atoms with Gasteiger partial charge in [-0.15, -0.1) is 0 Å². The lowest BCUT2D eigenvalue weighted by molar-refractivity contribution is -0.136. The molecule has 8 heteroatoms. The summed E-state index contributed by atoms with van der Waals surface area (Å²) in [6.07, 6.45) is 2.51. The number of nitriles is 1. The van der Waals surface area contributed by atoms with Crippen LogP contribution in [-0.4, -0.2) is 52.3 Å². The van der Waals surface area contributed by atoms with Gasteiger partial charge in [0.2, 0.25) is 5.91 Å². The first kappa shape index (κ1) is 16.6. The van der Waals surface area contributed by atoms with Crippen LogP contribution >= 0.6 is 11.6 Å². The highest BCUT2D eigenvalue weighted by atomic mass is 35.5. The third-order valence-corrected chi connectivity index (χ3v) is 6.68. The lowest BCUT2D eigenvalue weighted by Crippen LogP contribution is -2.55. The number of likely N-dealkylation sites (tertiary alicyclic amines) is 1. The monoisotopic (exact) mass is 384 g/mol. The third kappa shape index (κ3) is 2.10. The van der Waals surface area contributed by atoms with Crippen molar-refractivity contribution < 1.29 is 14.4 Å². The van der Waals surface area contributed by atoms with Gasteiger partial charge in [-0.3, -0.25) is 9.59 Å². The molecule has 2 bridgehead atoms. The SMILES string of the molecule is Cc1c(N2C(=O)[C@H]3C4CC(CN4C(=O)C4CC4)N3C2=O)ccc(C#N)c1Cl. The van der Waals surface area contributed by atoms with Crippen LogP contribution < -0.4 is 4.90 Å². The lowest BCUT2D eigenvalue weighted by Gasteiger charge is -2.35. The molecule has 5 rings (SSSR count). The minimum atomic E-state index is -0.618. The molecule has 4 fully saturated rings. The normalized spacial score (nSPS) is 28.8. The number of hydrogen-bond acceptors (Lipinski definition) is 4. The van der Waals surface area contributed by atoms with E-state index in [0.29, 0.717) is 29.8 Å². The number of carbonyl (C=O) groups excluding carboxylic acids is 3. The Morgan fingerprint density at radius 2 is 2.04 bits per heavy atom. The lowest BCUT2D eigenvalue weighted by atomic mass is 10.1. The summed E-state index contributed by atoms with van der Waals surface area (Å²) in [4.78, 5) is 43.4. The molecule has 1 aromatic carbocycles. The van der Waals surface area contributed by atoms with E-state index in [1.54, 1.807) is 17.9 Å². The molecular weight excluding hydrogens is 368 g/mol. The number of amides is 4. The van der Waals surface area contributed by atoms with Crippen LogP contribution in [0.2, 0.25) is 5.02 Å². The molecule has 138 valence electrons. The standard InChI is InChI=1S/C19H17ClN4O3/c1-9-13(5-4-11(7-21)15(9)20)24-18(26)16-14-6-12(23(16)19(24)27)8-22(14)17(25)10-2-3-10/h4-5,10,12,14,16H,2-3,6,8H2,1H3/t12?,14?,16-/m1/s1. The summed E-state index contributed by atoms with van der Waals surface area (Å²) in [7, 11) is 0. The molecule has 1 aliphatic carbocycles. The van der Waals surface area contributed by atoms with Crippen molar-refractivity contribution in [2.75, 3.05) is 11.4 Å². The van der Waals surface area contributed by atoms with Gasteiger partial charge in [-0.05, 0) is 43.9 Å². The molecule has 27 heavy (non-hydrogen) atoms. The Hall–Kier alpha value is -2.59. The maximum atomic E-state index is 13.2. The number of benzene rings is 1. The van der Waals surface area contributed by atoms with Crippen LogP contribution in [0.5, 0.6) is 0 Å². The van der Waals surface area contributed by atoms with Gasteiger partial charge in [0.15, 0.2) is 0 Å². The smallest absolute Gasteiger partial charge is 0.332 e. The topological polar surface area (TPSA) is 84.7 Å². The highest BCUT2D eigenvalue weighted by molar-refractivity contribution is 6.33. The van der Waals surface area contributed by atoms with E-state index < -0.39 is 6.04 Å². The van der Waals surface area contributed by atoms with E-state index in [2.05, 4.69) is 0 Å². The Morgan fingerprint density at radius 3 is 2.70 bits per heavy atom. The minimum Gasteiger partial charge on any atom is -0.335 e. The van der Waals surface area contributed by atoms with Gasteiger partial charge < -0.3 is 9.80 Å². The second-order valence-corrected chi connectivity index (χ2v) is 8.09. The zero-order valence-corrected chi connectivity index (χ0v) is 15.4. The summed E-state index contributed by atoms with van der Waals surface area (Å²) in [5.41, 5.74) is 1.23. The van der Waals surface area contributed by atoms with Gasteiger partial charge >= 0.3 is 6.03 Å². The molecule has 3 saturated heterocycles. The number of fused-ring (bicyclic) bond motifs is 5. The van der Waals surface area contributed by atoms with Gasteiger partial charge in [0.25, 0.3) is 5.91 Å². The van der Waals surface area contributed by atoms with Crippen molar-refractivity contribution in [3.8, 4) is 6.07 Å². The number of carbonyl (C=O) groups is 3. The fourth-order valence-electron chi connectivity index (χ4n) is 4.70. The van der Waals surface area contributed by atoms with E-state index >= 15 is 0 Å². The highest BCUT2D eigenvalue weighted by Gasteiger charge is 2.63.